The third-order valence-corrected chi connectivity index (χ3v) is 5.09. The summed E-state index contributed by atoms with van der Waals surface area (Å²) in [6, 6.07) is 11.7. The lowest BCUT2D eigenvalue weighted by molar-refractivity contribution is 0.0786. The second kappa shape index (κ2) is 8.27. The highest BCUT2D eigenvalue weighted by molar-refractivity contribution is 5.94. The number of hydrogen-bond acceptors (Lipinski definition) is 5. The summed E-state index contributed by atoms with van der Waals surface area (Å²) in [6.07, 6.45) is 8.47. The average molecular weight is 374 g/mol. The highest BCUT2D eigenvalue weighted by Gasteiger charge is 2.27. The molecule has 1 aliphatic rings. The summed E-state index contributed by atoms with van der Waals surface area (Å²) >= 11 is 0. The molecule has 1 amide bonds. The van der Waals surface area contributed by atoms with Crippen molar-refractivity contribution in [3.05, 3.63) is 77.9 Å². The molecule has 1 saturated heterocycles. The van der Waals surface area contributed by atoms with Crippen molar-refractivity contribution in [1.29, 1.82) is 0 Å². The number of aromatic nitrogens is 3. The van der Waals surface area contributed by atoms with Gasteiger partial charge in [-0.15, -0.1) is 0 Å². The molecule has 0 bridgehead atoms. The smallest absolute Gasteiger partial charge is 0.257 e. The van der Waals surface area contributed by atoms with Gasteiger partial charge in [0.25, 0.3) is 5.91 Å². The summed E-state index contributed by atoms with van der Waals surface area (Å²) in [6.45, 7) is 1.53. The summed E-state index contributed by atoms with van der Waals surface area (Å²) in [5.74, 6) is 0.963. The Kier molecular flexibility index (Phi) is 5.39. The number of pyridine rings is 1. The Morgan fingerprint density at radius 1 is 1.11 bits per heavy atom. The number of benzene rings is 1. The highest BCUT2D eigenvalue weighted by Crippen LogP contribution is 2.23. The first kappa shape index (κ1) is 18.3. The van der Waals surface area contributed by atoms with E-state index < -0.39 is 0 Å². The highest BCUT2D eigenvalue weighted by atomic mass is 16.3. The molecule has 3 aromatic rings. The Balaban J connectivity index is 1.39. The van der Waals surface area contributed by atoms with Gasteiger partial charge in [-0.05, 0) is 42.0 Å². The van der Waals surface area contributed by atoms with Gasteiger partial charge in [-0.3, -0.25) is 9.78 Å². The lowest BCUT2D eigenvalue weighted by atomic mass is 9.97. The fraction of sp³-hybridized carbons (Fsp3) is 0.273. The van der Waals surface area contributed by atoms with E-state index in [-0.39, 0.29) is 12.5 Å². The van der Waals surface area contributed by atoms with Crippen LogP contribution >= 0.6 is 0 Å². The van der Waals surface area contributed by atoms with Crippen molar-refractivity contribution in [3.63, 3.8) is 0 Å². The Bertz CT molecular complexity index is 944. The number of aliphatic hydroxyl groups is 1. The van der Waals surface area contributed by atoms with Gasteiger partial charge in [-0.25, -0.2) is 9.97 Å². The number of amides is 1. The van der Waals surface area contributed by atoms with Crippen molar-refractivity contribution in [2.45, 2.75) is 19.4 Å². The molecule has 6 nitrogen and oxygen atoms in total. The van der Waals surface area contributed by atoms with Gasteiger partial charge in [0.2, 0.25) is 0 Å². The van der Waals surface area contributed by atoms with Crippen molar-refractivity contribution in [1.82, 2.24) is 19.9 Å². The maximum absolute atomic E-state index is 12.8. The summed E-state index contributed by atoms with van der Waals surface area (Å²) < 4.78 is 0. The lowest BCUT2D eigenvalue weighted by Gasteiger charge is -2.16. The molecule has 0 saturated carbocycles. The van der Waals surface area contributed by atoms with Crippen molar-refractivity contribution >= 4 is 5.91 Å². The van der Waals surface area contributed by atoms with E-state index in [0.717, 1.165) is 37.1 Å². The third kappa shape index (κ3) is 4.07. The van der Waals surface area contributed by atoms with Crippen molar-refractivity contribution < 1.29 is 9.90 Å². The van der Waals surface area contributed by atoms with E-state index in [1.165, 1.54) is 5.56 Å². The van der Waals surface area contributed by atoms with Crippen molar-refractivity contribution in [2.75, 3.05) is 13.1 Å². The van der Waals surface area contributed by atoms with E-state index in [9.17, 15) is 9.90 Å². The van der Waals surface area contributed by atoms with Gasteiger partial charge in [-0.2, -0.15) is 0 Å². The van der Waals surface area contributed by atoms with Crippen LogP contribution in [0.2, 0.25) is 0 Å². The zero-order chi connectivity index (χ0) is 19.3. The number of likely N-dealkylation sites (tertiary alicyclic amines) is 1. The van der Waals surface area contributed by atoms with Crippen LogP contribution in [-0.4, -0.2) is 44.0 Å². The van der Waals surface area contributed by atoms with Gasteiger partial charge >= 0.3 is 0 Å². The van der Waals surface area contributed by atoms with Crippen LogP contribution in [0.4, 0.5) is 0 Å². The minimum absolute atomic E-state index is 0.0238. The minimum atomic E-state index is -0.0238. The number of nitrogens with zero attached hydrogens (tertiary/aromatic N) is 4. The average Bonchev–Trinajstić information content (AvgIpc) is 3.22. The number of carbonyl (C=O) groups excluding carboxylic acids is 1. The first-order valence-corrected chi connectivity index (χ1v) is 9.43. The molecule has 1 aliphatic heterocycles. The third-order valence-electron chi connectivity index (χ3n) is 5.09. The van der Waals surface area contributed by atoms with Gasteiger partial charge in [0, 0.05) is 43.4 Å². The molecule has 1 unspecified atom stereocenters. The largest absolute Gasteiger partial charge is 0.392 e. The Hall–Kier alpha value is -3.12. The molecule has 1 fully saturated rings. The zero-order valence-corrected chi connectivity index (χ0v) is 15.5. The molecular weight excluding hydrogens is 352 g/mol. The number of hydrogen-bond donors (Lipinski definition) is 1. The second-order valence-corrected chi connectivity index (χ2v) is 7.13. The summed E-state index contributed by atoms with van der Waals surface area (Å²) in [7, 11) is 0. The van der Waals surface area contributed by atoms with Crippen LogP contribution in [0.1, 0.15) is 27.9 Å². The second-order valence-electron chi connectivity index (χ2n) is 7.13. The molecule has 0 aliphatic carbocycles. The fourth-order valence-electron chi connectivity index (χ4n) is 3.64. The number of carbonyl (C=O) groups is 1. The number of rotatable bonds is 5. The first-order chi connectivity index (χ1) is 13.7. The Labute approximate surface area is 163 Å². The molecule has 1 atom stereocenters. The number of aliphatic hydroxyl groups excluding tert-OH is 1. The molecule has 2 aromatic heterocycles. The molecular formula is C22H22N4O2. The van der Waals surface area contributed by atoms with Crippen molar-refractivity contribution in [3.8, 4) is 11.4 Å². The van der Waals surface area contributed by atoms with Gasteiger partial charge in [-0.1, -0.05) is 24.3 Å². The zero-order valence-electron chi connectivity index (χ0n) is 15.5. The van der Waals surface area contributed by atoms with Crippen LogP contribution in [0.25, 0.3) is 11.4 Å². The van der Waals surface area contributed by atoms with Crippen LogP contribution in [0, 0.1) is 5.92 Å². The monoisotopic (exact) mass is 374 g/mol. The lowest BCUT2D eigenvalue weighted by Crippen LogP contribution is -2.29. The molecule has 0 spiro atoms. The van der Waals surface area contributed by atoms with Crippen LogP contribution < -0.4 is 0 Å². The quantitative estimate of drug-likeness (QED) is 0.743. The van der Waals surface area contributed by atoms with E-state index in [1.54, 1.807) is 24.8 Å². The van der Waals surface area contributed by atoms with Crippen LogP contribution in [-0.2, 0) is 13.0 Å². The van der Waals surface area contributed by atoms with E-state index in [0.29, 0.717) is 17.3 Å². The normalized spacial score (nSPS) is 16.3. The van der Waals surface area contributed by atoms with Gasteiger partial charge in [0.15, 0.2) is 5.82 Å². The van der Waals surface area contributed by atoms with E-state index in [1.807, 2.05) is 35.2 Å². The van der Waals surface area contributed by atoms with E-state index in [2.05, 4.69) is 21.0 Å². The summed E-state index contributed by atoms with van der Waals surface area (Å²) in [5, 5.41) is 9.29. The predicted molar refractivity (Wildman–Crippen MR) is 105 cm³/mol. The van der Waals surface area contributed by atoms with Crippen LogP contribution in [0.5, 0.6) is 0 Å². The van der Waals surface area contributed by atoms with Gasteiger partial charge in [0.05, 0.1) is 12.2 Å². The van der Waals surface area contributed by atoms with E-state index in [4.69, 9.17) is 0 Å². The molecule has 3 heterocycles. The SMILES string of the molecule is O=C(c1cnc(-c2cccnc2)nc1)N1CCC(Cc2cccc(CO)c2)C1. The maximum atomic E-state index is 12.8. The fourth-order valence-corrected chi connectivity index (χ4v) is 3.64. The molecule has 6 heteroatoms. The summed E-state index contributed by atoms with van der Waals surface area (Å²) in [5.41, 5.74) is 3.47. The van der Waals surface area contributed by atoms with Crippen molar-refractivity contribution in [2.24, 2.45) is 5.92 Å². The predicted octanol–water partition coefficient (Wildman–Crippen LogP) is 2.74. The van der Waals surface area contributed by atoms with Gasteiger partial charge in [0.1, 0.15) is 0 Å². The Morgan fingerprint density at radius 3 is 2.68 bits per heavy atom. The molecule has 1 N–H and O–H groups in total. The molecule has 142 valence electrons. The molecule has 1 aromatic carbocycles. The maximum Gasteiger partial charge on any atom is 0.257 e. The molecule has 0 radical (unpaired) electrons. The molecule has 4 rings (SSSR count). The van der Waals surface area contributed by atoms with Crippen LogP contribution in [0.15, 0.2) is 61.2 Å². The first-order valence-electron chi connectivity index (χ1n) is 9.43. The standard InChI is InChI=1S/C22H22N4O2/c27-15-18-4-1-3-16(10-18)9-17-6-8-26(14-17)22(28)20-12-24-21(25-13-20)19-5-2-7-23-11-19/h1-5,7,10-13,17,27H,6,8-9,14-15H2. The van der Waals surface area contributed by atoms with Gasteiger partial charge < -0.3 is 10.0 Å². The minimum Gasteiger partial charge on any atom is -0.392 e. The van der Waals surface area contributed by atoms with Crippen LogP contribution in [0.3, 0.4) is 0 Å². The Morgan fingerprint density at radius 2 is 1.93 bits per heavy atom. The summed E-state index contributed by atoms with van der Waals surface area (Å²) in [4.78, 5) is 27.4. The van der Waals surface area contributed by atoms with E-state index >= 15 is 0 Å². The topological polar surface area (TPSA) is 79.2 Å². The molecule has 28 heavy (non-hydrogen) atoms.